The van der Waals surface area contributed by atoms with Gasteiger partial charge in [-0.05, 0) is 53.4 Å². The first-order valence-corrected chi connectivity index (χ1v) is 12.1. The molecule has 1 amide bonds. The molecule has 1 saturated heterocycles. The molecule has 7 heteroatoms. The van der Waals surface area contributed by atoms with Gasteiger partial charge in [0.05, 0.1) is 11.8 Å². The van der Waals surface area contributed by atoms with Crippen molar-refractivity contribution in [2.75, 3.05) is 32.1 Å². The van der Waals surface area contributed by atoms with Gasteiger partial charge >= 0.3 is 5.97 Å². The lowest BCUT2D eigenvalue weighted by molar-refractivity contribution is -0.150. The van der Waals surface area contributed by atoms with Crippen molar-refractivity contribution in [3.05, 3.63) is 66.2 Å². The fraction of sp³-hybridized carbons (Fsp3) is 0.308. The zero-order valence-corrected chi connectivity index (χ0v) is 19.0. The largest absolute Gasteiger partial charge is 0.486 e. The summed E-state index contributed by atoms with van der Waals surface area (Å²) in [6.45, 7) is 1.49. The number of carbonyl (C=O) groups excluding carboxylic acids is 2. The molecule has 2 heterocycles. The highest BCUT2D eigenvalue weighted by Crippen LogP contribution is 2.38. The van der Waals surface area contributed by atoms with Gasteiger partial charge in [-0.25, -0.2) is 0 Å². The third-order valence-electron chi connectivity index (χ3n) is 5.96. The Balaban J connectivity index is 1.15. The number of fused-ring (bicyclic) bond motifs is 2. The molecule has 0 N–H and O–H groups in total. The molecule has 33 heavy (non-hydrogen) atoms. The minimum Gasteiger partial charge on any atom is -0.486 e. The Bertz CT molecular complexity index is 1180. The van der Waals surface area contributed by atoms with Crippen molar-refractivity contribution in [2.24, 2.45) is 0 Å². The molecule has 2 aliphatic heterocycles. The fourth-order valence-electron chi connectivity index (χ4n) is 4.35. The first-order valence-electron chi connectivity index (χ1n) is 11.1. The standard InChI is InChI=1S/C26H25NO5S/c28-25(16-32-26(29)17-33-21-9-7-18-4-1-2-5-19(18)14-21)27-11-3-6-22(27)20-8-10-23-24(15-20)31-13-12-30-23/h1-2,4-5,7-10,14-15,22H,3,6,11-13,16-17H2. The van der Waals surface area contributed by atoms with Gasteiger partial charge in [0.2, 0.25) is 0 Å². The van der Waals surface area contributed by atoms with E-state index in [1.54, 1.807) is 4.90 Å². The van der Waals surface area contributed by atoms with E-state index in [2.05, 4.69) is 12.1 Å². The quantitative estimate of drug-likeness (QED) is 0.393. The zero-order valence-electron chi connectivity index (χ0n) is 18.2. The summed E-state index contributed by atoms with van der Waals surface area (Å²) in [5.41, 5.74) is 1.02. The molecule has 3 aromatic rings. The molecule has 3 aromatic carbocycles. The predicted octanol–water partition coefficient (Wildman–Crippen LogP) is 4.61. The molecule has 1 unspecified atom stereocenters. The van der Waals surface area contributed by atoms with Crippen LogP contribution in [0.1, 0.15) is 24.4 Å². The molecular weight excluding hydrogens is 438 g/mol. The van der Waals surface area contributed by atoms with Gasteiger partial charge in [-0.1, -0.05) is 36.4 Å². The third kappa shape index (κ3) is 4.93. The van der Waals surface area contributed by atoms with Crippen LogP contribution in [-0.4, -0.2) is 48.9 Å². The van der Waals surface area contributed by atoms with E-state index in [1.807, 2.05) is 48.5 Å². The van der Waals surface area contributed by atoms with Gasteiger partial charge in [0.15, 0.2) is 18.1 Å². The molecule has 2 aliphatic rings. The molecule has 0 spiro atoms. The lowest BCUT2D eigenvalue weighted by Crippen LogP contribution is -2.34. The Morgan fingerprint density at radius 2 is 1.79 bits per heavy atom. The van der Waals surface area contributed by atoms with Crippen LogP contribution in [0.4, 0.5) is 0 Å². The van der Waals surface area contributed by atoms with Crippen LogP contribution in [0.5, 0.6) is 11.5 Å². The molecule has 0 bridgehead atoms. The van der Waals surface area contributed by atoms with Crippen LogP contribution >= 0.6 is 11.8 Å². The molecule has 0 aromatic heterocycles. The number of hydrogen-bond acceptors (Lipinski definition) is 6. The fourth-order valence-corrected chi connectivity index (χ4v) is 5.09. The van der Waals surface area contributed by atoms with Crippen LogP contribution in [0.2, 0.25) is 0 Å². The van der Waals surface area contributed by atoms with E-state index in [0.717, 1.165) is 45.6 Å². The number of likely N-dealkylation sites (tertiary alicyclic amines) is 1. The molecule has 170 valence electrons. The summed E-state index contributed by atoms with van der Waals surface area (Å²) in [5.74, 6) is 1.05. The van der Waals surface area contributed by atoms with Crippen LogP contribution in [-0.2, 0) is 14.3 Å². The first-order chi connectivity index (χ1) is 16.2. The van der Waals surface area contributed by atoms with Crippen LogP contribution in [0.3, 0.4) is 0 Å². The Morgan fingerprint density at radius 3 is 2.67 bits per heavy atom. The van der Waals surface area contributed by atoms with Crippen molar-refractivity contribution in [3.8, 4) is 11.5 Å². The van der Waals surface area contributed by atoms with Crippen molar-refractivity contribution >= 4 is 34.4 Å². The number of hydrogen-bond donors (Lipinski definition) is 0. The van der Waals surface area contributed by atoms with Gasteiger partial charge in [0.1, 0.15) is 13.2 Å². The second kappa shape index (κ2) is 9.75. The van der Waals surface area contributed by atoms with Crippen LogP contribution < -0.4 is 9.47 Å². The van der Waals surface area contributed by atoms with E-state index in [1.165, 1.54) is 11.8 Å². The molecular formula is C26H25NO5S. The average Bonchev–Trinajstić information content (AvgIpc) is 3.36. The number of carbonyl (C=O) groups is 2. The summed E-state index contributed by atoms with van der Waals surface area (Å²) >= 11 is 1.41. The maximum Gasteiger partial charge on any atom is 0.316 e. The summed E-state index contributed by atoms with van der Waals surface area (Å²) in [5, 5.41) is 2.29. The van der Waals surface area contributed by atoms with Gasteiger partial charge in [0, 0.05) is 11.4 Å². The molecule has 5 rings (SSSR count). The summed E-state index contributed by atoms with van der Waals surface area (Å²) < 4.78 is 16.6. The minimum absolute atomic E-state index is 0.0426. The summed E-state index contributed by atoms with van der Waals surface area (Å²) in [4.78, 5) is 27.9. The molecule has 1 atom stereocenters. The Morgan fingerprint density at radius 1 is 0.970 bits per heavy atom. The van der Waals surface area contributed by atoms with E-state index in [-0.39, 0.29) is 24.3 Å². The maximum absolute atomic E-state index is 12.8. The molecule has 0 aliphatic carbocycles. The minimum atomic E-state index is -0.392. The van der Waals surface area contributed by atoms with Gasteiger partial charge < -0.3 is 19.1 Å². The van der Waals surface area contributed by atoms with Crippen molar-refractivity contribution in [3.63, 3.8) is 0 Å². The highest BCUT2D eigenvalue weighted by molar-refractivity contribution is 8.00. The van der Waals surface area contributed by atoms with Crippen molar-refractivity contribution in [1.82, 2.24) is 4.90 Å². The van der Waals surface area contributed by atoms with Crippen LogP contribution in [0.15, 0.2) is 65.6 Å². The number of esters is 1. The van der Waals surface area contributed by atoms with Crippen LogP contribution in [0.25, 0.3) is 10.8 Å². The van der Waals surface area contributed by atoms with E-state index in [4.69, 9.17) is 14.2 Å². The second-order valence-electron chi connectivity index (χ2n) is 8.11. The predicted molar refractivity (Wildman–Crippen MR) is 127 cm³/mol. The zero-order chi connectivity index (χ0) is 22.6. The molecule has 0 radical (unpaired) electrons. The number of thioether (sulfide) groups is 1. The average molecular weight is 464 g/mol. The van der Waals surface area contributed by atoms with E-state index < -0.39 is 5.97 Å². The van der Waals surface area contributed by atoms with E-state index >= 15 is 0 Å². The topological polar surface area (TPSA) is 65.1 Å². The lowest BCUT2D eigenvalue weighted by atomic mass is 10.0. The SMILES string of the molecule is O=C(CSc1ccc2ccccc2c1)OCC(=O)N1CCCC1c1ccc2c(c1)OCCO2. The normalized spacial score (nSPS) is 17.2. The lowest BCUT2D eigenvalue weighted by Gasteiger charge is -2.26. The Labute approximate surface area is 196 Å². The highest BCUT2D eigenvalue weighted by Gasteiger charge is 2.31. The number of benzene rings is 3. The summed E-state index contributed by atoms with van der Waals surface area (Å²) in [6, 6.07) is 20.0. The first kappa shape index (κ1) is 21.6. The molecule has 6 nitrogen and oxygen atoms in total. The van der Waals surface area contributed by atoms with E-state index in [0.29, 0.717) is 19.8 Å². The number of amides is 1. The Kier molecular flexibility index (Phi) is 6.39. The highest BCUT2D eigenvalue weighted by atomic mass is 32.2. The van der Waals surface area contributed by atoms with Crippen molar-refractivity contribution in [1.29, 1.82) is 0 Å². The van der Waals surface area contributed by atoms with Gasteiger partial charge in [-0.3, -0.25) is 9.59 Å². The van der Waals surface area contributed by atoms with Gasteiger partial charge in [0.25, 0.3) is 5.91 Å². The smallest absolute Gasteiger partial charge is 0.316 e. The third-order valence-corrected chi connectivity index (χ3v) is 6.93. The molecule has 0 saturated carbocycles. The number of nitrogens with zero attached hydrogens (tertiary/aromatic N) is 1. The molecule has 1 fully saturated rings. The van der Waals surface area contributed by atoms with Crippen molar-refractivity contribution in [2.45, 2.75) is 23.8 Å². The van der Waals surface area contributed by atoms with Crippen molar-refractivity contribution < 1.29 is 23.8 Å². The monoisotopic (exact) mass is 463 g/mol. The van der Waals surface area contributed by atoms with Crippen LogP contribution in [0, 0.1) is 0 Å². The Hall–Kier alpha value is -3.19. The summed E-state index contributed by atoms with van der Waals surface area (Å²) in [6.07, 6.45) is 1.79. The number of ether oxygens (including phenoxy) is 3. The summed E-state index contributed by atoms with van der Waals surface area (Å²) in [7, 11) is 0. The second-order valence-corrected chi connectivity index (χ2v) is 9.16. The van der Waals surface area contributed by atoms with Gasteiger partial charge in [-0.2, -0.15) is 0 Å². The van der Waals surface area contributed by atoms with E-state index in [9.17, 15) is 9.59 Å². The number of rotatable bonds is 6. The van der Waals surface area contributed by atoms with Gasteiger partial charge in [-0.15, -0.1) is 11.8 Å². The maximum atomic E-state index is 12.8.